The van der Waals surface area contributed by atoms with Crippen LogP contribution in [0.2, 0.25) is 0 Å². The molecule has 0 saturated carbocycles. The van der Waals surface area contributed by atoms with Crippen LogP contribution in [0.4, 0.5) is 0 Å². The van der Waals surface area contributed by atoms with Gasteiger partial charge in [0.15, 0.2) is 5.58 Å². The Morgan fingerprint density at radius 2 is 1.97 bits per heavy atom. The fourth-order valence-electron chi connectivity index (χ4n) is 3.32. The summed E-state index contributed by atoms with van der Waals surface area (Å²) >= 11 is 0. The Kier molecular flexibility index (Phi) is 5.09. The normalized spacial score (nSPS) is 10.9. The zero-order chi connectivity index (χ0) is 21.9. The molecule has 0 bridgehead atoms. The number of aromatic nitrogens is 3. The second-order valence-corrected chi connectivity index (χ2v) is 7.05. The number of oxazole rings is 1. The molecule has 1 N–H and O–H groups in total. The molecule has 0 aliphatic carbocycles. The Balaban J connectivity index is 1.42. The zero-order valence-corrected chi connectivity index (χ0v) is 17.1. The lowest BCUT2D eigenvalue weighted by Crippen LogP contribution is -2.22. The number of ether oxygens (including phenoxy) is 1. The van der Waals surface area contributed by atoms with E-state index >= 15 is 0 Å². The molecule has 0 radical (unpaired) electrons. The van der Waals surface area contributed by atoms with Gasteiger partial charge in [-0.25, -0.2) is 4.98 Å². The van der Waals surface area contributed by atoms with E-state index in [1.165, 1.54) is 6.26 Å². The predicted molar refractivity (Wildman–Crippen MR) is 117 cm³/mol. The fourth-order valence-corrected chi connectivity index (χ4v) is 3.32. The maximum atomic E-state index is 12.7. The van der Waals surface area contributed by atoms with E-state index in [-0.39, 0.29) is 5.91 Å². The van der Waals surface area contributed by atoms with Crippen LogP contribution >= 0.6 is 0 Å². The highest BCUT2D eigenvalue weighted by Crippen LogP contribution is 2.31. The standard InChI is InChI=1S/C24H18N4O4/c1-30-18-4-2-3-17(11-18)24-27-20(14-31-24)22-19-12-16(5-6-21(19)32-28-22)23(29)26-13-15-7-9-25-10-8-15/h2-12,14H,13H2,1H3,(H,26,29). The van der Waals surface area contributed by atoms with Gasteiger partial charge in [-0.2, -0.15) is 0 Å². The molecule has 1 amide bonds. The predicted octanol–water partition coefficient (Wildman–Crippen LogP) is 4.48. The molecule has 0 aliphatic rings. The molecule has 3 aromatic heterocycles. The van der Waals surface area contributed by atoms with Crippen molar-refractivity contribution in [2.75, 3.05) is 7.11 Å². The highest BCUT2D eigenvalue weighted by molar-refractivity contribution is 6.00. The average molecular weight is 426 g/mol. The van der Waals surface area contributed by atoms with E-state index in [1.54, 1.807) is 37.7 Å². The Labute approximate surface area is 182 Å². The first-order valence-electron chi connectivity index (χ1n) is 9.88. The van der Waals surface area contributed by atoms with E-state index in [0.717, 1.165) is 11.1 Å². The Hall–Kier alpha value is -4.46. The molecule has 0 unspecified atom stereocenters. The number of methoxy groups -OCH3 is 1. The number of hydrogen-bond donors (Lipinski definition) is 1. The summed E-state index contributed by atoms with van der Waals surface area (Å²) in [5.41, 5.74) is 3.80. The van der Waals surface area contributed by atoms with Gasteiger partial charge in [0.25, 0.3) is 5.91 Å². The number of nitrogens with zero attached hydrogens (tertiary/aromatic N) is 3. The molecule has 0 atom stereocenters. The molecule has 32 heavy (non-hydrogen) atoms. The molecule has 3 heterocycles. The van der Waals surface area contributed by atoms with E-state index in [1.807, 2.05) is 36.4 Å². The summed E-state index contributed by atoms with van der Waals surface area (Å²) in [6, 6.07) is 16.3. The molecule has 158 valence electrons. The van der Waals surface area contributed by atoms with Crippen LogP contribution in [0.1, 0.15) is 15.9 Å². The molecule has 0 fully saturated rings. The molecule has 5 aromatic rings. The van der Waals surface area contributed by atoms with Gasteiger partial charge in [0.1, 0.15) is 23.4 Å². The minimum atomic E-state index is -0.201. The van der Waals surface area contributed by atoms with Gasteiger partial charge >= 0.3 is 0 Å². The number of hydrogen-bond acceptors (Lipinski definition) is 7. The van der Waals surface area contributed by atoms with Crippen molar-refractivity contribution >= 4 is 16.9 Å². The van der Waals surface area contributed by atoms with Crippen LogP contribution in [0.25, 0.3) is 33.8 Å². The first-order valence-corrected chi connectivity index (χ1v) is 9.88. The number of amides is 1. The van der Waals surface area contributed by atoms with E-state index < -0.39 is 0 Å². The van der Waals surface area contributed by atoms with E-state index in [2.05, 4.69) is 20.4 Å². The molecule has 8 nitrogen and oxygen atoms in total. The highest BCUT2D eigenvalue weighted by Gasteiger charge is 2.18. The molecule has 0 aliphatic heterocycles. The monoisotopic (exact) mass is 426 g/mol. The quantitative estimate of drug-likeness (QED) is 0.427. The van der Waals surface area contributed by atoms with Gasteiger partial charge in [0.2, 0.25) is 5.89 Å². The van der Waals surface area contributed by atoms with Gasteiger partial charge in [0.05, 0.1) is 12.5 Å². The summed E-state index contributed by atoms with van der Waals surface area (Å²) in [4.78, 5) is 21.2. The van der Waals surface area contributed by atoms with Gasteiger partial charge in [-0.3, -0.25) is 9.78 Å². The molecule has 8 heteroatoms. The molecule has 2 aromatic carbocycles. The van der Waals surface area contributed by atoms with Crippen LogP contribution in [-0.2, 0) is 6.54 Å². The Bertz CT molecular complexity index is 1390. The van der Waals surface area contributed by atoms with Crippen molar-refractivity contribution < 1.29 is 18.5 Å². The van der Waals surface area contributed by atoms with Gasteiger partial charge in [-0.1, -0.05) is 11.2 Å². The fraction of sp³-hybridized carbons (Fsp3) is 0.0833. The maximum absolute atomic E-state index is 12.7. The van der Waals surface area contributed by atoms with Crippen molar-refractivity contribution in [3.05, 3.63) is 84.4 Å². The zero-order valence-electron chi connectivity index (χ0n) is 17.1. The number of carbonyl (C=O) groups excluding carboxylic acids is 1. The van der Waals surface area contributed by atoms with Crippen molar-refractivity contribution in [3.63, 3.8) is 0 Å². The summed E-state index contributed by atoms with van der Waals surface area (Å²) in [7, 11) is 1.60. The first kappa shape index (κ1) is 19.5. The van der Waals surface area contributed by atoms with Crippen molar-refractivity contribution in [2.24, 2.45) is 0 Å². The van der Waals surface area contributed by atoms with E-state index in [4.69, 9.17) is 13.7 Å². The third-order valence-electron chi connectivity index (χ3n) is 5.00. The molecule has 0 saturated heterocycles. The highest BCUT2D eigenvalue weighted by atomic mass is 16.5. The van der Waals surface area contributed by atoms with Gasteiger partial charge in [-0.15, -0.1) is 0 Å². The third-order valence-corrected chi connectivity index (χ3v) is 5.00. The largest absolute Gasteiger partial charge is 0.497 e. The van der Waals surface area contributed by atoms with Crippen LogP contribution in [0.15, 0.2) is 82.2 Å². The summed E-state index contributed by atoms with van der Waals surface area (Å²) in [6.07, 6.45) is 4.89. The SMILES string of the molecule is COc1cccc(-c2nc(-c3noc4ccc(C(=O)NCc5ccncc5)cc34)co2)c1. The molecular formula is C24H18N4O4. The van der Waals surface area contributed by atoms with Crippen molar-refractivity contribution in [1.29, 1.82) is 0 Å². The summed E-state index contributed by atoms with van der Waals surface area (Å²) in [6.45, 7) is 0.406. The molecule has 5 rings (SSSR count). The van der Waals surface area contributed by atoms with Crippen LogP contribution < -0.4 is 10.1 Å². The minimum Gasteiger partial charge on any atom is -0.497 e. The van der Waals surface area contributed by atoms with Crippen LogP contribution in [0.5, 0.6) is 5.75 Å². The lowest BCUT2D eigenvalue weighted by molar-refractivity contribution is 0.0951. The number of pyridine rings is 1. The van der Waals surface area contributed by atoms with Crippen molar-refractivity contribution in [2.45, 2.75) is 6.54 Å². The van der Waals surface area contributed by atoms with E-state index in [0.29, 0.717) is 46.1 Å². The van der Waals surface area contributed by atoms with Crippen molar-refractivity contribution in [3.8, 4) is 28.6 Å². The van der Waals surface area contributed by atoms with Gasteiger partial charge in [-0.05, 0) is 54.1 Å². The topological polar surface area (TPSA) is 103 Å². The second-order valence-electron chi connectivity index (χ2n) is 7.05. The Morgan fingerprint density at radius 3 is 2.81 bits per heavy atom. The third kappa shape index (κ3) is 3.81. The lowest BCUT2D eigenvalue weighted by Gasteiger charge is -2.05. The summed E-state index contributed by atoms with van der Waals surface area (Å²) in [5.74, 6) is 0.936. The number of nitrogens with one attached hydrogen (secondary N) is 1. The van der Waals surface area contributed by atoms with Crippen LogP contribution in [-0.4, -0.2) is 28.1 Å². The number of rotatable bonds is 6. The van der Waals surface area contributed by atoms with Crippen LogP contribution in [0, 0.1) is 0 Å². The smallest absolute Gasteiger partial charge is 0.251 e. The Morgan fingerprint density at radius 1 is 1.09 bits per heavy atom. The number of benzene rings is 2. The van der Waals surface area contributed by atoms with E-state index in [9.17, 15) is 4.79 Å². The number of fused-ring (bicyclic) bond motifs is 1. The second kappa shape index (κ2) is 8.35. The van der Waals surface area contributed by atoms with Gasteiger partial charge in [0, 0.05) is 30.1 Å². The number of carbonyl (C=O) groups is 1. The first-order chi connectivity index (χ1) is 15.7. The van der Waals surface area contributed by atoms with Crippen LogP contribution in [0.3, 0.4) is 0 Å². The molecular weight excluding hydrogens is 408 g/mol. The van der Waals surface area contributed by atoms with Gasteiger partial charge < -0.3 is 19.0 Å². The lowest BCUT2D eigenvalue weighted by atomic mass is 10.1. The average Bonchev–Trinajstić information content (AvgIpc) is 3.50. The summed E-state index contributed by atoms with van der Waals surface area (Å²) in [5, 5.41) is 7.72. The maximum Gasteiger partial charge on any atom is 0.251 e. The minimum absolute atomic E-state index is 0.201. The van der Waals surface area contributed by atoms with Crippen molar-refractivity contribution in [1.82, 2.24) is 20.4 Å². The molecule has 0 spiro atoms. The summed E-state index contributed by atoms with van der Waals surface area (Å²) < 4.78 is 16.3.